The van der Waals surface area contributed by atoms with Crippen LogP contribution in [0.4, 0.5) is 0 Å². The van der Waals surface area contributed by atoms with Crippen LogP contribution < -0.4 is 25.9 Å². The number of nitrogens with one attached hydrogen (secondary N) is 2. The Labute approximate surface area is 157 Å². The van der Waals surface area contributed by atoms with E-state index >= 15 is 0 Å². The zero-order valence-corrected chi connectivity index (χ0v) is 15.4. The van der Waals surface area contributed by atoms with E-state index in [0.717, 1.165) is 12.8 Å². The highest BCUT2D eigenvalue weighted by molar-refractivity contribution is 5.96. The molecule has 0 saturated heterocycles. The van der Waals surface area contributed by atoms with Gasteiger partial charge in [0.2, 0.25) is 0 Å². The Balaban J connectivity index is 1.94. The number of nitrogens with zero attached hydrogens (tertiary/aromatic N) is 1. The first kappa shape index (κ1) is 20.0. The highest BCUT2D eigenvalue weighted by Gasteiger charge is 2.12. The molecule has 0 bridgehead atoms. The van der Waals surface area contributed by atoms with Gasteiger partial charge in [-0.2, -0.15) is 0 Å². The molecule has 2 rings (SSSR count). The van der Waals surface area contributed by atoms with E-state index < -0.39 is 11.8 Å². The fourth-order valence-corrected chi connectivity index (χ4v) is 2.24. The Morgan fingerprint density at radius 1 is 1.11 bits per heavy atom. The number of aromatic nitrogens is 1. The number of rotatable bonds is 8. The van der Waals surface area contributed by atoms with Crippen LogP contribution in [0.15, 0.2) is 47.4 Å². The molecule has 1 aromatic heterocycles. The summed E-state index contributed by atoms with van der Waals surface area (Å²) in [6.07, 6.45) is 3.42. The standard InChI is InChI=1S/C19H23N3O5/c1-3-4-11-27-15-9-8-14(12-16(15)26-2)19(25)21-20-17(23)13-22-10-6-5-7-18(22)24/h5-10,12H,3-4,11,13H2,1-2H3,(H,20,23)(H,21,25). The number of carbonyl (C=O) groups is 2. The van der Waals surface area contributed by atoms with Crippen LogP contribution in [0.25, 0.3) is 0 Å². The van der Waals surface area contributed by atoms with Crippen LogP contribution in [0.3, 0.4) is 0 Å². The molecule has 1 heterocycles. The molecule has 2 aromatic rings. The van der Waals surface area contributed by atoms with Crippen molar-refractivity contribution in [2.24, 2.45) is 0 Å². The number of benzene rings is 1. The fourth-order valence-electron chi connectivity index (χ4n) is 2.24. The quantitative estimate of drug-likeness (QED) is 0.540. The third-order valence-electron chi connectivity index (χ3n) is 3.71. The minimum atomic E-state index is -0.525. The molecule has 0 aliphatic heterocycles. The largest absolute Gasteiger partial charge is 0.493 e. The second-order valence-corrected chi connectivity index (χ2v) is 5.74. The Hall–Kier alpha value is -3.29. The number of unbranched alkanes of at least 4 members (excludes halogenated alkanes) is 1. The first-order chi connectivity index (χ1) is 13.0. The van der Waals surface area contributed by atoms with Gasteiger partial charge >= 0.3 is 0 Å². The van der Waals surface area contributed by atoms with Crippen LogP contribution in [-0.4, -0.2) is 30.1 Å². The van der Waals surface area contributed by atoms with E-state index in [1.165, 1.54) is 30.0 Å². The van der Waals surface area contributed by atoms with E-state index in [-0.39, 0.29) is 12.1 Å². The molecule has 8 heteroatoms. The van der Waals surface area contributed by atoms with Crippen molar-refractivity contribution in [2.75, 3.05) is 13.7 Å². The molecular weight excluding hydrogens is 350 g/mol. The number of methoxy groups -OCH3 is 1. The summed E-state index contributed by atoms with van der Waals surface area (Å²) < 4.78 is 12.1. The van der Waals surface area contributed by atoms with Crippen LogP contribution in [0.1, 0.15) is 30.1 Å². The third-order valence-corrected chi connectivity index (χ3v) is 3.71. The smallest absolute Gasteiger partial charge is 0.269 e. The van der Waals surface area contributed by atoms with E-state index in [1.54, 1.807) is 24.3 Å². The van der Waals surface area contributed by atoms with Crippen molar-refractivity contribution >= 4 is 11.8 Å². The summed E-state index contributed by atoms with van der Waals surface area (Å²) in [7, 11) is 1.49. The molecule has 144 valence electrons. The van der Waals surface area contributed by atoms with Gasteiger partial charge in [0, 0.05) is 17.8 Å². The predicted octanol–water partition coefficient (Wildman–Crippen LogP) is 1.50. The maximum atomic E-state index is 12.2. The lowest BCUT2D eigenvalue weighted by Crippen LogP contribution is -2.44. The lowest BCUT2D eigenvalue weighted by Gasteiger charge is -2.12. The molecule has 0 fully saturated rings. The van der Waals surface area contributed by atoms with Crippen LogP contribution in [-0.2, 0) is 11.3 Å². The van der Waals surface area contributed by atoms with Gasteiger partial charge in [0.1, 0.15) is 6.54 Å². The third kappa shape index (κ3) is 5.88. The number of hydrogen-bond acceptors (Lipinski definition) is 5. The van der Waals surface area contributed by atoms with E-state index in [0.29, 0.717) is 23.7 Å². The zero-order chi connectivity index (χ0) is 19.6. The van der Waals surface area contributed by atoms with Gasteiger partial charge in [-0.25, -0.2) is 0 Å². The number of hydrazine groups is 1. The van der Waals surface area contributed by atoms with Crippen molar-refractivity contribution in [3.8, 4) is 11.5 Å². The van der Waals surface area contributed by atoms with Crippen molar-refractivity contribution in [1.82, 2.24) is 15.4 Å². The number of carbonyl (C=O) groups excluding carboxylic acids is 2. The number of hydrogen-bond donors (Lipinski definition) is 2. The van der Waals surface area contributed by atoms with Crippen molar-refractivity contribution in [3.63, 3.8) is 0 Å². The molecule has 0 saturated carbocycles. The topological polar surface area (TPSA) is 98.7 Å². The van der Waals surface area contributed by atoms with Gasteiger partial charge in [-0.3, -0.25) is 25.2 Å². The van der Waals surface area contributed by atoms with E-state index in [9.17, 15) is 14.4 Å². The summed E-state index contributed by atoms with van der Waals surface area (Å²) in [4.78, 5) is 35.7. The number of pyridine rings is 1. The molecule has 0 unspecified atom stereocenters. The van der Waals surface area contributed by atoms with E-state index in [4.69, 9.17) is 9.47 Å². The van der Waals surface area contributed by atoms with Gasteiger partial charge in [0.05, 0.1) is 13.7 Å². The second kappa shape index (κ2) is 10.0. The van der Waals surface area contributed by atoms with Crippen molar-refractivity contribution < 1.29 is 19.1 Å². The van der Waals surface area contributed by atoms with E-state index in [1.807, 2.05) is 0 Å². The monoisotopic (exact) mass is 373 g/mol. The first-order valence-corrected chi connectivity index (χ1v) is 8.60. The lowest BCUT2D eigenvalue weighted by molar-refractivity contribution is -0.122. The molecule has 0 spiro atoms. The van der Waals surface area contributed by atoms with Crippen LogP contribution in [0.2, 0.25) is 0 Å². The van der Waals surface area contributed by atoms with Gasteiger partial charge in [0.25, 0.3) is 17.4 Å². The molecular formula is C19H23N3O5. The Kier molecular flexibility index (Phi) is 7.42. The minimum Gasteiger partial charge on any atom is -0.493 e. The summed E-state index contributed by atoms with van der Waals surface area (Å²) in [5, 5.41) is 0. The first-order valence-electron chi connectivity index (χ1n) is 8.60. The summed E-state index contributed by atoms with van der Waals surface area (Å²) in [5.41, 5.74) is 4.59. The van der Waals surface area contributed by atoms with Crippen molar-refractivity contribution in [1.29, 1.82) is 0 Å². The summed E-state index contributed by atoms with van der Waals surface area (Å²) in [5.74, 6) is -0.0544. The normalized spacial score (nSPS) is 10.1. The van der Waals surface area contributed by atoms with E-state index in [2.05, 4.69) is 17.8 Å². The number of ether oxygens (including phenoxy) is 2. The second-order valence-electron chi connectivity index (χ2n) is 5.74. The van der Waals surface area contributed by atoms with Crippen LogP contribution >= 0.6 is 0 Å². The van der Waals surface area contributed by atoms with Crippen LogP contribution in [0.5, 0.6) is 11.5 Å². The average Bonchev–Trinajstić information content (AvgIpc) is 2.68. The summed E-state index contributed by atoms with van der Waals surface area (Å²) >= 11 is 0. The molecule has 27 heavy (non-hydrogen) atoms. The van der Waals surface area contributed by atoms with Crippen LogP contribution in [0, 0.1) is 0 Å². The lowest BCUT2D eigenvalue weighted by atomic mass is 10.2. The van der Waals surface area contributed by atoms with Crippen molar-refractivity contribution in [2.45, 2.75) is 26.3 Å². The fraction of sp³-hybridized carbons (Fsp3) is 0.316. The molecule has 0 aliphatic rings. The molecule has 1 aromatic carbocycles. The molecule has 8 nitrogen and oxygen atoms in total. The SMILES string of the molecule is CCCCOc1ccc(C(=O)NNC(=O)Cn2ccccc2=O)cc1OC. The Morgan fingerprint density at radius 3 is 2.63 bits per heavy atom. The van der Waals surface area contributed by atoms with Gasteiger partial charge in [-0.15, -0.1) is 0 Å². The van der Waals surface area contributed by atoms with Gasteiger partial charge in [-0.05, 0) is 30.7 Å². The van der Waals surface area contributed by atoms with Gasteiger partial charge in [-0.1, -0.05) is 19.4 Å². The minimum absolute atomic E-state index is 0.201. The van der Waals surface area contributed by atoms with Crippen molar-refractivity contribution in [3.05, 3.63) is 58.5 Å². The molecule has 2 N–H and O–H groups in total. The molecule has 0 atom stereocenters. The zero-order valence-electron chi connectivity index (χ0n) is 15.4. The predicted molar refractivity (Wildman–Crippen MR) is 99.7 cm³/mol. The molecule has 0 aliphatic carbocycles. The molecule has 0 radical (unpaired) electrons. The average molecular weight is 373 g/mol. The summed E-state index contributed by atoms with van der Waals surface area (Å²) in [6, 6.07) is 9.33. The number of amides is 2. The Bertz CT molecular complexity index is 847. The highest BCUT2D eigenvalue weighted by atomic mass is 16.5. The van der Waals surface area contributed by atoms with Gasteiger partial charge in [0.15, 0.2) is 11.5 Å². The maximum absolute atomic E-state index is 12.2. The Morgan fingerprint density at radius 2 is 1.93 bits per heavy atom. The molecule has 2 amide bonds. The highest BCUT2D eigenvalue weighted by Crippen LogP contribution is 2.28. The summed E-state index contributed by atoms with van der Waals surface area (Å²) in [6.45, 7) is 2.43. The van der Waals surface area contributed by atoms with Gasteiger partial charge < -0.3 is 14.0 Å². The maximum Gasteiger partial charge on any atom is 0.269 e.